The molecule has 264 valence electrons. The zero-order valence-electron chi connectivity index (χ0n) is 29.1. The Labute approximate surface area is 284 Å². The van der Waals surface area contributed by atoms with Crippen LogP contribution in [0.3, 0.4) is 0 Å². The number of carbonyl (C=O) groups excluding carboxylic acids is 1. The lowest BCUT2D eigenvalue weighted by Gasteiger charge is -2.45. The van der Waals surface area contributed by atoms with Gasteiger partial charge in [0, 0.05) is 38.8 Å². The molecule has 2 aliphatic rings. The molecule has 3 aromatic rings. The second-order valence-electron chi connectivity index (χ2n) is 13.8. The zero-order valence-corrected chi connectivity index (χ0v) is 29.1. The van der Waals surface area contributed by atoms with E-state index in [1.54, 1.807) is 34.6 Å². The Morgan fingerprint density at radius 3 is 2.37 bits per heavy atom. The first-order valence-corrected chi connectivity index (χ1v) is 16.7. The Morgan fingerprint density at radius 2 is 1.78 bits per heavy atom. The van der Waals surface area contributed by atoms with Crippen molar-refractivity contribution >= 4 is 28.8 Å². The Morgan fingerprint density at radius 1 is 1.08 bits per heavy atom. The number of rotatable bonds is 8. The van der Waals surface area contributed by atoms with Crippen molar-refractivity contribution < 1.29 is 22.7 Å². The van der Waals surface area contributed by atoms with E-state index >= 15 is 0 Å². The molecule has 4 heterocycles. The van der Waals surface area contributed by atoms with Crippen LogP contribution in [0.25, 0.3) is 16.6 Å². The highest BCUT2D eigenvalue weighted by atomic mass is 19.4. The first-order valence-electron chi connectivity index (χ1n) is 16.7. The van der Waals surface area contributed by atoms with E-state index < -0.39 is 41.0 Å². The van der Waals surface area contributed by atoms with E-state index in [9.17, 15) is 28.0 Å². The maximum Gasteiger partial charge on any atom is 0.418 e. The van der Waals surface area contributed by atoms with Gasteiger partial charge in [0.25, 0.3) is 5.56 Å². The number of hydrogen-bond acceptors (Lipinski definition) is 10. The van der Waals surface area contributed by atoms with Crippen LogP contribution in [0.5, 0.6) is 0 Å². The highest BCUT2D eigenvalue weighted by Gasteiger charge is 2.39. The molecular weight excluding hydrogens is 639 g/mol. The minimum atomic E-state index is -4.74. The molecule has 1 amide bonds. The lowest BCUT2D eigenvalue weighted by molar-refractivity contribution is -0.138. The number of carbonyl (C=O) groups is 1. The Balaban J connectivity index is 1.63. The number of alkyl halides is 3. The molecule has 2 saturated heterocycles. The van der Waals surface area contributed by atoms with Gasteiger partial charge in [0.1, 0.15) is 16.9 Å². The van der Waals surface area contributed by atoms with E-state index in [2.05, 4.69) is 34.9 Å². The molecule has 0 aliphatic carbocycles. The van der Waals surface area contributed by atoms with Crippen molar-refractivity contribution in [2.75, 3.05) is 55.6 Å². The fourth-order valence-corrected chi connectivity index (χ4v) is 6.55. The maximum absolute atomic E-state index is 14.5. The van der Waals surface area contributed by atoms with E-state index in [0.29, 0.717) is 25.5 Å². The Bertz CT molecular complexity index is 1790. The van der Waals surface area contributed by atoms with E-state index in [1.165, 1.54) is 29.3 Å². The summed E-state index contributed by atoms with van der Waals surface area (Å²) in [6.07, 6.45) is -3.92. The second-order valence-corrected chi connectivity index (χ2v) is 13.8. The van der Waals surface area contributed by atoms with Gasteiger partial charge in [0.15, 0.2) is 0 Å². The summed E-state index contributed by atoms with van der Waals surface area (Å²) in [5.74, 6) is 0.181. The number of likely N-dealkylation sites (N-methyl/N-ethyl adjacent to an activating group) is 1. The van der Waals surface area contributed by atoms with Gasteiger partial charge in [-0.1, -0.05) is 39.8 Å². The van der Waals surface area contributed by atoms with Gasteiger partial charge in [0.05, 0.1) is 41.4 Å². The van der Waals surface area contributed by atoms with Crippen LogP contribution in [0.2, 0.25) is 0 Å². The molecule has 0 bridgehead atoms. The van der Waals surface area contributed by atoms with Crippen LogP contribution in [0, 0.1) is 11.3 Å². The summed E-state index contributed by atoms with van der Waals surface area (Å²) in [5.41, 5.74) is -2.85. The third-order valence-corrected chi connectivity index (χ3v) is 9.03. The molecule has 2 fully saturated rings. The van der Waals surface area contributed by atoms with E-state index in [1.807, 2.05) is 9.80 Å². The molecule has 1 unspecified atom stereocenters. The number of amides is 1. The summed E-state index contributed by atoms with van der Waals surface area (Å²) >= 11 is 0. The van der Waals surface area contributed by atoms with Crippen LogP contribution in [0.4, 0.5) is 29.7 Å². The molecule has 0 radical (unpaired) electrons. The van der Waals surface area contributed by atoms with Crippen LogP contribution < -0.4 is 15.4 Å². The van der Waals surface area contributed by atoms with Gasteiger partial charge in [-0.3, -0.25) is 9.69 Å². The first kappa shape index (κ1) is 35.8. The standard InChI is InChI=1S/C34H44F3N9O3/c1-8-42(9-2)23-19-44(20-23)31-40-28-25(17-39-46(30(28)47)26-12-10-11-24(21(3)4)27(26)34(35,36)37)29(41-31)43-15-16-45(22(18-43)13-14-38)32(48)49-33(5,6)7/h10-12,17,21-23H,8-9,13,15-16,18-20H2,1-7H3. The summed E-state index contributed by atoms with van der Waals surface area (Å²) in [4.78, 5) is 44.5. The number of hydrogen-bond donors (Lipinski definition) is 0. The van der Waals surface area contributed by atoms with Crippen LogP contribution in [-0.4, -0.2) is 99.1 Å². The third kappa shape index (κ3) is 7.29. The van der Waals surface area contributed by atoms with Crippen LogP contribution in [0.1, 0.15) is 71.9 Å². The number of fused-ring (bicyclic) bond motifs is 1. The van der Waals surface area contributed by atoms with Crippen LogP contribution in [0.15, 0.2) is 29.2 Å². The van der Waals surface area contributed by atoms with Crippen molar-refractivity contribution in [1.82, 2.24) is 29.5 Å². The first-order chi connectivity index (χ1) is 23.1. The number of nitrogens with zero attached hydrogens (tertiary/aromatic N) is 9. The van der Waals surface area contributed by atoms with Crippen molar-refractivity contribution in [2.24, 2.45) is 0 Å². The highest BCUT2D eigenvalue weighted by Crippen LogP contribution is 2.39. The van der Waals surface area contributed by atoms with Crippen LogP contribution in [-0.2, 0) is 10.9 Å². The molecule has 5 rings (SSSR count). The lowest BCUT2D eigenvalue weighted by atomic mass is 9.95. The van der Waals surface area contributed by atoms with Crippen molar-refractivity contribution in [3.63, 3.8) is 0 Å². The lowest BCUT2D eigenvalue weighted by Crippen LogP contribution is -2.60. The molecule has 2 aromatic heterocycles. The molecule has 1 aromatic carbocycles. The smallest absolute Gasteiger partial charge is 0.418 e. The van der Waals surface area contributed by atoms with Crippen molar-refractivity contribution in [2.45, 2.75) is 84.7 Å². The minimum Gasteiger partial charge on any atom is -0.444 e. The fraction of sp³-hybridized carbons (Fsp3) is 0.588. The number of halogens is 3. The number of ether oxygens (including phenoxy) is 1. The molecule has 1 atom stereocenters. The van der Waals surface area contributed by atoms with E-state index in [4.69, 9.17) is 9.72 Å². The van der Waals surface area contributed by atoms with Crippen molar-refractivity contribution in [3.8, 4) is 11.8 Å². The van der Waals surface area contributed by atoms with Gasteiger partial charge in [-0.05, 0) is 51.4 Å². The summed E-state index contributed by atoms with van der Waals surface area (Å²) in [7, 11) is 0. The van der Waals surface area contributed by atoms with Gasteiger partial charge in [-0.2, -0.15) is 33.2 Å². The van der Waals surface area contributed by atoms with Gasteiger partial charge in [-0.15, -0.1) is 0 Å². The predicted molar refractivity (Wildman–Crippen MR) is 180 cm³/mol. The predicted octanol–water partition coefficient (Wildman–Crippen LogP) is 5.19. The molecule has 0 spiro atoms. The molecule has 49 heavy (non-hydrogen) atoms. The fourth-order valence-electron chi connectivity index (χ4n) is 6.55. The topological polar surface area (TPSA) is 124 Å². The molecule has 12 nitrogen and oxygen atoms in total. The van der Waals surface area contributed by atoms with Gasteiger partial charge in [0.2, 0.25) is 5.95 Å². The van der Waals surface area contributed by atoms with Crippen molar-refractivity contribution in [1.29, 1.82) is 5.26 Å². The Kier molecular flexibility index (Phi) is 10.1. The number of anilines is 2. The van der Waals surface area contributed by atoms with Crippen molar-refractivity contribution in [3.05, 3.63) is 45.9 Å². The average Bonchev–Trinajstić information content (AvgIpc) is 3.01. The molecule has 0 N–H and O–H groups in total. The molecule has 0 saturated carbocycles. The summed E-state index contributed by atoms with van der Waals surface area (Å²) in [6, 6.07) is 6.01. The monoisotopic (exact) mass is 683 g/mol. The summed E-state index contributed by atoms with van der Waals surface area (Å²) < 4.78 is 49.9. The maximum atomic E-state index is 14.5. The second kappa shape index (κ2) is 13.8. The molecule has 2 aliphatic heterocycles. The summed E-state index contributed by atoms with van der Waals surface area (Å²) in [6.45, 7) is 16.5. The number of aromatic nitrogens is 4. The summed E-state index contributed by atoms with van der Waals surface area (Å²) in [5, 5.41) is 14.2. The zero-order chi connectivity index (χ0) is 35.8. The highest BCUT2D eigenvalue weighted by molar-refractivity contribution is 5.90. The number of benzene rings is 1. The normalized spacial score (nSPS) is 17.5. The SMILES string of the molecule is CCN(CC)C1CN(c2nc(N3CCN(C(=O)OC(C)(C)C)C(CC#N)C3)c3cnn(-c4cccc(C(C)C)c4C(F)(F)F)c(=O)c3n2)C1. The van der Waals surface area contributed by atoms with Gasteiger partial charge < -0.3 is 19.4 Å². The minimum absolute atomic E-state index is 0.0285. The number of piperazine rings is 1. The van der Waals surface area contributed by atoms with Gasteiger partial charge >= 0.3 is 12.3 Å². The third-order valence-electron chi connectivity index (χ3n) is 9.03. The quantitative estimate of drug-likeness (QED) is 0.314. The van der Waals surface area contributed by atoms with E-state index in [-0.39, 0.29) is 53.7 Å². The molecular formula is C34H44F3N9O3. The van der Waals surface area contributed by atoms with Crippen LogP contribution >= 0.6 is 0 Å². The van der Waals surface area contributed by atoms with E-state index in [0.717, 1.165) is 17.8 Å². The largest absolute Gasteiger partial charge is 0.444 e. The Hall–Kier alpha value is -4.45. The van der Waals surface area contributed by atoms with Gasteiger partial charge in [-0.25, -0.2) is 9.78 Å². The average molecular weight is 684 g/mol. The molecule has 15 heteroatoms. The number of nitriles is 1.